The Hall–Kier alpha value is -3.93. The molecule has 35 heavy (non-hydrogen) atoms. The first-order chi connectivity index (χ1) is 16.8. The molecule has 11 nitrogen and oxygen atoms in total. The minimum Gasteiger partial charge on any atom is -0.497 e. The molecule has 1 aromatic heterocycles. The number of nitrogens with one attached hydrogen (secondary N) is 2. The zero-order valence-electron chi connectivity index (χ0n) is 18.8. The van der Waals surface area contributed by atoms with Crippen molar-refractivity contribution in [3.63, 3.8) is 0 Å². The van der Waals surface area contributed by atoms with Crippen molar-refractivity contribution < 1.29 is 24.3 Å². The number of nitro benzene ring substituents is 1. The lowest BCUT2D eigenvalue weighted by atomic mass is 10.1. The van der Waals surface area contributed by atoms with Crippen molar-refractivity contribution >= 4 is 23.5 Å². The molecule has 0 aliphatic carbocycles. The molecule has 184 valence electrons. The zero-order chi connectivity index (χ0) is 24.9. The summed E-state index contributed by atoms with van der Waals surface area (Å²) in [6.07, 6.45) is -0.100. The molecule has 3 aromatic rings. The minimum absolute atomic E-state index is 0.0341. The Bertz CT molecular complexity index is 1240. The van der Waals surface area contributed by atoms with Crippen LogP contribution in [0.25, 0.3) is 0 Å². The maximum atomic E-state index is 13.0. The number of rotatable bonds is 8. The Balaban J connectivity index is 1.44. The Morgan fingerprint density at radius 1 is 1.17 bits per heavy atom. The number of hydrogen-bond acceptors (Lipinski definition) is 8. The average molecular weight is 501 g/mol. The number of methoxy groups -OCH3 is 1. The smallest absolute Gasteiger partial charge is 0.410 e. The lowest BCUT2D eigenvalue weighted by Crippen LogP contribution is -2.32. The van der Waals surface area contributed by atoms with Gasteiger partial charge in [0.15, 0.2) is 0 Å². The van der Waals surface area contributed by atoms with Gasteiger partial charge in [0.2, 0.25) is 5.88 Å². The van der Waals surface area contributed by atoms with Crippen molar-refractivity contribution in [2.45, 2.75) is 30.1 Å². The van der Waals surface area contributed by atoms with E-state index in [-0.39, 0.29) is 29.1 Å². The Labute approximate surface area is 204 Å². The number of aromatic nitrogens is 2. The molecule has 4 rings (SSSR count). The third-order valence-corrected chi connectivity index (χ3v) is 7.03. The number of H-pyrrole nitrogens is 2. The van der Waals surface area contributed by atoms with E-state index in [4.69, 9.17) is 9.47 Å². The fourth-order valence-electron chi connectivity index (χ4n) is 3.90. The quantitative estimate of drug-likeness (QED) is 0.313. The number of likely N-dealkylation sites (tertiary alicyclic amines) is 1. The van der Waals surface area contributed by atoms with Crippen LogP contribution in [0.5, 0.6) is 11.6 Å². The summed E-state index contributed by atoms with van der Waals surface area (Å²) in [7, 11) is 1.61. The number of imidazole rings is 1. The predicted octanol–water partition coefficient (Wildman–Crippen LogP) is 3.71. The van der Waals surface area contributed by atoms with E-state index >= 15 is 0 Å². The number of hydrogen-bond donors (Lipinski definition) is 3. The summed E-state index contributed by atoms with van der Waals surface area (Å²) in [4.78, 5) is 41.3. The number of aromatic amines is 2. The second-order valence-electron chi connectivity index (χ2n) is 8.00. The van der Waals surface area contributed by atoms with E-state index in [0.29, 0.717) is 24.3 Å². The number of thioether (sulfide) groups is 1. The van der Waals surface area contributed by atoms with Crippen molar-refractivity contribution in [3.05, 3.63) is 86.0 Å². The van der Waals surface area contributed by atoms with Gasteiger partial charge in [0.1, 0.15) is 18.1 Å². The van der Waals surface area contributed by atoms with Crippen molar-refractivity contribution in [2.75, 3.05) is 13.7 Å². The highest BCUT2D eigenvalue weighted by Gasteiger charge is 2.39. The van der Waals surface area contributed by atoms with Gasteiger partial charge >= 0.3 is 11.8 Å². The van der Waals surface area contributed by atoms with E-state index in [0.717, 1.165) is 11.3 Å². The zero-order valence-corrected chi connectivity index (χ0v) is 19.6. The third-order valence-electron chi connectivity index (χ3n) is 5.72. The van der Waals surface area contributed by atoms with Crippen LogP contribution in [-0.4, -0.2) is 49.9 Å². The van der Waals surface area contributed by atoms with Gasteiger partial charge < -0.3 is 19.6 Å². The Morgan fingerprint density at radius 2 is 1.86 bits per heavy atom. The number of non-ortho nitro benzene ring substituents is 1. The van der Waals surface area contributed by atoms with Crippen molar-refractivity contribution in [1.82, 2.24) is 14.9 Å². The molecular weight excluding hydrogens is 476 g/mol. The monoisotopic (exact) mass is 500 g/mol. The van der Waals surface area contributed by atoms with Crippen LogP contribution in [0.2, 0.25) is 0 Å². The second kappa shape index (κ2) is 10.6. The topological polar surface area (TPSA) is 151 Å². The molecule has 12 heteroatoms. The van der Waals surface area contributed by atoms with Crippen LogP contribution in [0.4, 0.5) is 10.5 Å². The summed E-state index contributed by atoms with van der Waals surface area (Å²) < 4.78 is 10.6. The van der Waals surface area contributed by atoms with E-state index in [1.54, 1.807) is 18.9 Å². The summed E-state index contributed by atoms with van der Waals surface area (Å²) >= 11 is 1.66. The molecule has 3 N–H and O–H groups in total. The van der Waals surface area contributed by atoms with E-state index in [1.807, 2.05) is 24.3 Å². The van der Waals surface area contributed by atoms with Gasteiger partial charge in [0, 0.05) is 29.7 Å². The summed E-state index contributed by atoms with van der Waals surface area (Å²) in [5.74, 6) is 1.17. The van der Waals surface area contributed by atoms with Crippen molar-refractivity contribution in [2.24, 2.45) is 0 Å². The van der Waals surface area contributed by atoms with Gasteiger partial charge in [0.25, 0.3) is 5.69 Å². The molecule has 0 unspecified atom stereocenters. The predicted molar refractivity (Wildman–Crippen MR) is 129 cm³/mol. The van der Waals surface area contributed by atoms with E-state index < -0.39 is 22.7 Å². The number of carbonyl (C=O) groups is 1. The molecule has 1 saturated heterocycles. The SMILES string of the molecule is COc1ccc(CS[C@H]2C[C@@H](c3[nH]c(=O)[nH]c3O)N(C(=O)OCc3ccc([N+](=O)[O-])cc3)C2)cc1. The molecule has 0 bridgehead atoms. The largest absolute Gasteiger partial charge is 0.497 e. The molecule has 2 heterocycles. The van der Waals surface area contributed by atoms with Crippen LogP contribution >= 0.6 is 11.8 Å². The van der Waals surface area contributed by atoms with Crippen LogP contribution in [0.15, 0.2) is 53.3 Å². The fourth-order valence-corrected chi connectivity index (χ4v) is 5.11. The molecule has 2 atom stereocenters. The molecule has 1 aliphatic heterocycles. The van der Waals surface area contributed by atoms with Gasteiger partial charge in [-0.25, -0.2) is 9.59 Å². The van der Waals surface area contributed by atoms with Gasteiger partial charge in [-0.3, -0.25) is 20.0 Å². The van der Waals surface area contributed by atoms with Gasteiger partial charge in [-0.05, 0) is 41.8 Å². The van der Waals surface area contributed by atoms with E-state index in [1.165, 1.54) is 29.2 Å². The van der Waals surface area contributed by atoms with Crippen LogP contribution < -0.4 is 10.4 Å². The van der Waals surface area contributed by atoms with Crippen molar-refractivity contribution in [1.29, 1.82) is 0 Å². The first-order valence-electron chi connectivity index (χ1n) is 10.8. The lowest BCUT2D eigenvalue weighted by Gasteiger charge is -2.23. The maximum Gasteiger partial charge on any atom is 0.410 e. The molecular formula is C23H24N4O7S. The van der Waals surface area contributed by atoms with Crippen LogP contribution in [0.1, 0.15) is 29.3 Å². The first-order valence-corrected chi connectivity index (χ1v) is 11.8. The standard InChI is InChI=1S/C23H24N4O7S/c1-33-17-8-4-15(5-9-17)13-35-18-10-19(20-21(28)25-22(29)24-20)26(11-18)23(30)34-12-14-2-6-16(7-3-14)27(31)32/h2-9,18-19,28H,10-13H2,1H3,(H2,24,25,29)/t18-,19-/m0/s1. The van der Waals surface area contributed by atoms with E-state index in [9.17, 15) is 24.8 Å². The number of nitrogens with zero attached hydrogens (tertiary/aromatic N) is 2. The van der Waals surface area contributed by atoms with Gasteiger partial charge in [-0.1, -0.05) is 12.1 Å². The number of aromatic hydroxyl groups is 1. The summed E-state index contributed by atoms with van der Waals surface area (Å²) in [6.45, 7) is 0.288. The number of nitro groups is 1. The highest BCUT2D eigenvalue weighted by atomic mass is 32.2. The van der Waals surface area contributed by atoms with Gasteiger partial charge in [0.05, 0.1) is 18.1 Å². The maximum absolute atomic E-state index is 13.0. The van der Waals surface area contributed by atoms with Crippen molar-refractivity contribution in [3.8, 4) is 11.6 Å². The van der Waals surface area contributed by atoms with Crippen LogP contribution in [0.3, 0.4) is 0 Å². The molecule has 2 aromatic carbocycles. The molecule has 0 radical (unpaired) electrons. The first kappa shape index (κ1) is 24.2. The van der Waals surface area contributed by atoms with Gasteiger partial charge in [-0.15, -0.1) is 0 Å². The number of ether oxygens (including phenoxy) is 2. The number of amides is 1. The fraction of sp³-hybridized carbons (Fsp3) is 0.304. The number of carbonyl (C=O) groups excluding carboxylic acids is 1. The highest BCUT2D eigenvalue weighted by molar-refractivity contribution is 7.99. The van der Waals surface area contributed by atoms with Crippen LogP contribution in [-0.2, 0) is 17.1 Å². The average Bonchev–Trinajstić information content (AvgIpc) is 3.43. The molecule has 1 amide bonds. The third kappa shape index (κ3) is 5.77. The Morgan fingerprint density at radius 3 is 2.46 bits per heavy atom. The summed E-state index contributed by atoms with van der Waals surface area (Å²) in [5, 5.41) is 21.0. The normalized spacial score (nSPS) is 17.3. The molecule has 0 saturated carbocycles. The molecule has 1 aliphatic rings. The highest BCUT2D eigenvalue weighted by Crippen LogP contribution is 2.40. The van der Waals surface area contributed by atoms with Crippen LogP contribution in [0, 0.1) is 10.1 Å². The van der Waals surface area contributed by atoms with E-state index in [2.05, 4.69) is 9.97 Å². The second-order valence-corrected chi connectivity index (χ2v) is 9.29. The minimum atomic E-state index is -0.609. The summed E-state index contributed by atoms with van der Waals surface area (Å²) in [5.41, 5.74) is 1.32. The summed E-state index contributed by atoms with van der Waals surface area (Å²) in [6, 6.07) is 12.9. The molecule has 0 spiro atoms. The lowest BCUT2D eigenvalue weighted by molar-refractivity contribution is -0.384. The Kier molecular flexibility index (Phi) is 7.30. The number of benzene rings is 2. The van der Waals surface area contributed by atoms with Gasteiger partial charge in [-0.2, -0.15) is 11.8 Å². The molecule has 1 fully saturated rings.